The standard InChI is InChI=1S/C9H11ClN2O3S/c1-5(13)16-4-7(14)9(15)6-2-3-8(10)12-11-6/h2-3,7,9,14-15H,4H2,1H3. The van der Waals surface area contributed by atoms with Gasteiger partial charge in [-0.15, -0.1) is 5.10 Å². The van der Waals surface area contributed by atoms with E-state index in [1.54, 1.807) is 0 Å². The summed E-state index contributed by atoms with van der Waals surface area (Å²) in [5.41, 5.74) is 0.223. The molecule has 0 aliphatic heterocycles. The lowest BCUT2D eigenvalue weighted by Crippen LogP contribution is -2.22. The Labute approximate surface area is 102 Å². The third-order valence-electron chi connectivity index (χ3n) is 1.78. The summed E-state index contributed by atoms with van der Waals surface area (Å²) >= 11 is 6.47. The predicted octanol–water partition coefficient (Wildman–Crippen LogP) is 0.804. The highest BCUT2D eigenvalue weighted by atomic mass is 35.5. The van der Waals surface area contributed by atoms with Crippen LogP contribution in [0.1, 0.15) is 18.7 Å². The molecule has 1 aromatic heterocycles. The van der Waals surface area contributed by atoms with Crippen molar-refractivity contribution in [1.82, 2.24) is 10.2 Å². The van der Waals surface area contributed by atoms with E-state index in [0.29, 0.717) is 0 Å². The average molecular weight is 263 g/mol. The summed E-state index contributed by atoms with van der Waals surface area (Å²) in [6.07, 6.45) is -2.24. The van der Waals surface area contributed by atoms with Crippen molar-refractivity contribution in [1.29, 1.82) is 0 Å². The summed E-state index contributed by atoms with van der Waals surface area (Å²) < 4.78 is 0. The third kappa shape index (κ3) is 4.05. The van der Waals surface area contributed by atoms with Gasteiger partial charge in [0.15, 0.2) is 10.3 Å². The number of aromatic nitrogens is 2. The van der Waals surface area contributed by atoms with Gasteiger partial charge in [0.1, 0.15) is 6.10 Å². The topological polar surface area (TPSA) is 83.3 Å². The molecule has 1 rings (SSSR count). The Bertz CT molecular complexity index is 360. The Kier molecular flexibility index (Phi) is 5.14. The first-order chi connectivity index (χ1) is 7.50. The maximum absolute atomic E-state index is 10.7. The fourth-order valence-corrected chi connectivity index (χ4v) is 1.66. The van der Waals surface area contributed by atoms with Gasteiger partial charge in [0.25, 0.3) is 0 Å². The summed E-state index contributed by atoms with van der Waals surface area (Å²) in [6.45, 7) is 1.39. The van der Waals surface area contributed by atoms with E-state index < -0.39 is 12.2 Å². The Morgan fingerprint density at radius 1 is 1.50 bits per heavy atom. The lowest BCUT2D eigenvalue weighted by molar-refractivity contribution is -0.109. The van der Waals surface area contributed by atoms with Crippen molar-refractivity contribution in [2.45, 2.75) is 19.1 Å². The van der Waals surface area contributed by atoms with E-state index in [2.05, 4.69) is 10.2 Å². The smallest absolute Gasteiger partial charge is 0.185 e. The Hall–Kier alpha value is -0.690. The van der Waals surface area contributed by atoms with Crippen molar-refractivity contribution in [3.05, 3.63) is 23.0 Å². The van der Waals surface area contributed by atoms with E-state index in [1.165, 1.54) is 19.1 Å². The quantitative estimate of drug-likeness (QED) is 0.835. The molecule has 0 amide bonds. The van der Waals surface area contributed by atoms with Crippen LogP contribution in [0.4, 0.5) is 0 Å². The summed E-state index contributed by atoms with van der Waals surface area (Å²) in [4.78, 5) is 10.7. The first-order valence-electron chi connectivity index (χ1n) is 4.49. The molecule has 0 radical (unpaired) electrons. The fraction of sp³-hybridized carbons (Fsp3) is 0.444. The van der Waals surface area contributed by atoms with E-state index in [9.17, 15) is 15.0 Å². The summed E-state index contributed by atoms with van der Waals surface area (Å²) in [7, 11) is 0. The van der Waals surface area contributed by atoms with Crippen LogP contribution in [0.25, 0.3) is 0 Å². The SMILES string of the molecule is CC(=O)SCC(O)C(O)c1ccc(Cl)nn1. The van der Waals surface area contributed by atoms with Crippen LogP contribution >= 0.6 is 23.4 Å². The van der Waals surface area contributed by atoms with Crippen molar-refractivity contribution < 1.29 is 15.0 Å². The summed E-state index contributed by atoms with van der Waals surface area (Å²) in [6, 6.07) is 2.94. The Balaban J connectivity index is 2.59. The highest BCUT2D eigenvalue weighted by Gasteiger charge is 2.20. The third-order valence-corrected chi connectivity index (χ3v) is 2.89. The molecule has 0 aliphatic carbocycles. The molecule has 0 aliphatic rings. The van der Waals surface area contributed by atoms with Crippen LogP contribution in [0.3, 0.4) is 0 Å². The van der Waals surface area contributed by atoms with Crippen molar-refractivity contribution >= 4 is 28.5 Å². The van der Waals surface area contributed by atoms with Crippen molar-refractivity contribution in [3.8, 4) is 0 Å². The number of halogens is 1. The molecule has 16 heavy (non-hydrogen) atoms. The maximum Gasteiger partial charge on any atom is 0.185 e. The van der Waals surface area contributed by atoms with Crippen molar-refractivity contribution in [3.63, 3.8) is 0 Å². The lowest BCUT2D eigenvalue weighted by atomic mass is 10.1. The molecule has 0 aromatic carbocycles. The molecule has 5 nitrogen and oxygen atoms in total. The van der Waals surface area contributed by atoms with Crippen LogP contribution in [-0.4, -0.2) is 37.4 Å². The number of hydrogen-bond donors (Lipinski definition) is 2. The van der Waals surface area contributed by atoms with E-state index in [0.717, 1.165) is 11.8 Å². The van der Waals surface area contributed by atoms with Gasteiger partial charge < -0.3 is 10.2 Å². The second-order valence-electron chi connectivity index (χ2n) is 3.10. The van der Waals surface area contributed by atoms with Crippen LogP contribution in [0.5, 0.6) is 0 Å². The van der Waals surface area contributed by atoms with Crippen LogP contribution in [0, 0.1) is 0 Å². The highest BCUT2D eigenvalue weighted by Crippen LogP contribution is 2.18. The number of carbonyl (C=O) groups excluding carboxylic acids is 1. The maximum atomic E-state index is 10.7. The largest absolute Gasteiger partial charge is 0.389 e. The molecule has 2 atom stereocenters. The molecule has 0 saturated carbocycles. The molecule has 1 heterocycles. The van der Waals surface area contributed by atoms with Gasteiger partial charge in [0.05, 0.1) is 11.8 Å². The number of hydrogen-bond acceptors (Lipinski definition) is 6. The lowest BCUT2D eigenvalue weighted by Gasteiger charge is -2.15. The normalized spacial score (nSPS) is 14.5. The van der Waals surface area contributed by atoms with Gasteiger partial charge in [0.2, 0.25) is 0 Å². The zero-order valence-electron chi connectivity index (χ0n) is 8.50. The van der Waals surface area contributed by atoms with Gasteiger partial charge in [-0.25, -0.2) is 0 Å². The van der Waals surface area contributed by atoms with E-state index in [1.807, 2.05) is 0 Å². The first-order valence-corrected chi connectivity index (χ1v) is 5.85. The van der Waals surface area contributed by atoms with Gasteiger partial charge in [-0.2, -0.15) is 5.10 Å². The van der Waals surface area contributed by atoms with Gasteiger partial charge in [0, 0.05) is 12.7 Å². The molecule has 0 saturated heterocycles. The number of aliphatic hydroxyl groups excluding tert-OH is 2. The Morgan fingerprint density at radius 3 is 2.69 bits per heavy atom. The monoisotopic (exact) mass is 262 g/mol. The van der Waals surface area contributed by atoms with Gasteiger partial charge in [-0.1, -0.05) is 23.4 Å². The molecule has 1 aromatic rings. The summed E-state index contributed by atoms with van der Waals surface area (Å²) in [5.74, 6) is 0.112. The zero-order valence-corrected chi connectivity index (χ0v) is 10.1. The number of thioether (sulfide) groups is 1. The number of aliphatic hydroxyl groups is 2. The number of nitrogens with zero attached hydrogens (tertiary/aromatic N) is 2. The molecule has 0 fully saturated rings. The van der Waals surface area contributed by atoms with Crippen LogP contribution in [0.15, 0.2) is 12.1 Å². The number of carbonyl (C=O) groups is 1. The minimum absolute atomic E-state index is 0.112. The van der Waals surface area contributed by atoms with Crippen molar-refractivity contribution in [2.75, 3.05) is 5.75 Å². The minimum Gasteiger partial charge on any atom is -0.389 e. The highest BCUT2D eigenvalue weighted by molar-refractivity contribution is 8.13. The molecule has 0 spiro atoms. The minimum atomic E-state index is -1.17. The summed E-state index contributed by atoms with van der Waals surface area (Å²) in [5, 5.41) is 26.5. The Morgan fingerprint density at radius 2 is 2.19 bits per heavy atom. The second kappa shape index (κ2) is 6.15. The van der Waals surface area contributed by atoms with Gasteiger partial charge >= 0.3 is 0 Å². The molecule has 7 heteroatoms. The molecular formula is C9H11ClN2O3S. The average Bonchev–Trinajstić information content (AvgIpc) is 2.26. The van der Waals surface area contributed by atoms with E-state index in [4.69, 9.17) is 11.6 Å². The predicted molar refractivity (Wildman–Crippen MR) is 61.1 cm³/mol. The molecule has 2 unspecified atom stereocenters. The second-order valence-corrected chi connectivity index (χ2v) is 4.68. The van der Waals surface area contributed by atoms with E-state index >= 15 is 0 Å². The molecular weight excluding hydrogens is 252 g/mol. The van der Waals surface area contributed by atoms with Crippen LogP contribution in [0.2, 0.25) is 5.15 Å². The van der Waals surface area contributed by atoms with E-state index in [-0.39, 0.29) is 21.7 Å². The fourth-order valence-electron chi connectivity index (χ4n) is 0.975. The van der Waals surface area contributed by atoms with Gasteiger partial charge in [-0.3, -0.25) is 4.79 Å². The first kappa shape index (κ1) is 13.4. The van der Waals surface area contributed by atoms with Crippen LogP contribution < -0.4 is 0 Å². The van der Waals surface area contributed by atoms with Crippen molar-refractivity contribution in [2.24, 2.45) is 0 Å². The zero-order chi connectivity index (χ0) is 12.1. The molecule has 88 valence electrons. The van der Waals surface area contributed by atoms with Gasteiger partial charge in [-0.05, 0) is 12.1 Å². The molecule has 2 N–H and O–H groups in total. The molecule has 0 bridgehead atoms. The van der Waals surface area contributed by atoms with Crippen LogP contribution in [-0.2, 0) is 4.79 Å². The number of rotatable bonds is 4.